The van der Waals surface area contributed by atoms with Gasteiger partial charge in [0.25, 0.3) is 0 Å². The SMILES string of the molecule is CCCc1ccccc1NC(=O)C1CNC(C)CN1. The minimum Gasteiger partial charge on any atom is -0.324 e. The highest BCUT2D eigenvalue weighted by molar-refractivity contribution is 5.95. The summed E-state index contributed by atoms with van der Waals surface area (Å²) in [5, 5.41) is 9.62. The van der Waals surface area contributed by atoms with E-state index in [1.807, 2.05) is 18.2 Å². The molecule has 0 bridgehead atoms. The van der Waals surface area contributed by atoms with Crippen LogP contribution < -0.4 is 16.0 Å². The number of hydrogen-bond acceptors (Lipinski definition) is 3. The molecular weight excluding hydrogens is 238 g/mol. The van der Waals surface area contributed by atoms with Crippen LogP contribution in [0.1, 0.15) is 25.8 Å². The normalized spacial score (nSPS) is 23.1. The molecule has 0 radical (unpaired) electrons. The van der Waals surface area contributed by atoms with Gasteiger partial charge < -0.3 is 16.0 Å². The molecule has 1 fully saturated rings. The maximum atomic E-state index is 12.2. The van der Waals surface area contributed by atoms with E-state index in [-0.39, 0.29) is 11.9 Å². The molecule has 1 aromatic carbocycles. The smallest absolute Gasteiger partial charge is 0.242 e. The lowest BCUT2D eigenvalue weighted by molar-refractivity contribution is -0.118. The Balaban J connectivity index is 1.98. The second-order valence-electron chi connectivity index (χ2n) is 5.17. The highest BCUT2D eigenvalue weighted by Crippen LogP contribution is 2.17. The zero-order valence-electron chi connectivity index (χ0n) is 11.7. The second-order valence-corrected chi connectivity index (χ2v) is 5.17. The van der Waals surface area contributed by atoms with Gasteiger partial charge in [-0.15, -0.1) is 0 Å². The maximum Gasteiger partial charge on any atom is 0.242 e. The number of aryl methyl sites for hydroxylation is 1. The maximum absolute atomic E-state index is 12.2. The van der Waals surface area contributed by atoms with Crippen molar-refractivity contribution in [1.82, 2.24) is 10.6 Å². The summed E-state index contributed by atoms with van der Waals surface area (Å²) >= 11 is 0. The molecule has 19 heavy (non-hydrogen) atoms. The van der Waals surface area contributed by atoms with Crippen molar-refractivity contribution in [2.24, 2.45) is 0 Å². The van der Waals surface area contributed by atoms with Gasteiger partial charge in [-0.2, -0.15) is 0 Å². The van der Waals surface area contributed by atoms with E-state index in [0.29, 0.717) is 12.6 Å². The number of piperazine rings is 1. The molecule has 3 N–H and O–H groups in total. The van der Waals surface area contributed by atoms with Crippen LogP contribution in [0.3, 0.4) is 0 Å². The summed E-state index contributed by atoms with van der Waals surface area (Å²) in [5.41, 5.74) is 2.14. The first-order valence-electron chi connectivity index (χ1n) is 7.06. The third kappa shape index (κ3) is 3.78. The van der Waals surface area contributed by atoms with Crippen molar-refractivity contribution in [2.75, 3.05) is 18.4 Å². The van der Waals surface area contributed by atoms with E-state index in [0.717, 1.165) is 25.1 Å². The Morgan fingerprint density at radius 2 is 2.11 bits per heavy atom. The molecule has 0 saturated carbocycles. The van der Waals surface area contributed by atoms with E-state index < -0.39 is 0 Å². The molecule has 4 nitrogen and oxygen atoms in total. The number of carbonyl (C=O) groups is 1. The molecule has 2 rings (SSSR count). The van der Waals surface area contributed by atoms with Crippen molar-refractivity contribution in [3.63, 3.8) is 0 Å². The molecule has 4 heteroatoms. The molecule has 0 aromatic heterocycles. The Hall–Kier alpha value is -1.39. The summed E-state index contributed by atoms with van der Waals surface area (Å²) in [6, 6.07) is 8.31. The van der Waals surface area contributed by atoms with Gasteiger partial charge in [0.2, 0.25) is 5.91 Å². The average Bonchev–Trinajstić information content (AvgIpc) is 2.42. The second kappa shape index (κ2) is 6.68. The van der Waals surface area contributed by atoms with Crippen LogP contribution in [0, 0.1) is 0 Å². The fraction of sp³-hybridized carbons (Fsp3) is 0.533. The first-order chi connectivity index (χ1) is 9.20. The number of amides is 1. The zero-order chi connectivity index (χ0) is 13.7. The molecule has 1 aliphatic rings. The number of nitrogens with one attached hydrogen (secondary N) is 3. The summed E-state index contributed by atoms with van der Waals surface area (Å²) in [6.07, 6.45) is 2.07. The van der Waals surface area contributed by atoms with Gasteiger partial charge in [-0.3, -0.25) is 4.79 Å². The van der Waals surface area contributed by atoms with Crippen molar-refractivity contribution in [3.8, 4) is 0 Å². The van der Waals surface area contributed by atoms with Gasteiger partial charge in [-0.05, 0) is 25.0 Å². The van der Waals surface area contributed by atoms with Gasteiger partial charge in [-0.25, -0.2) is 0 Å². The predicted molar refractivity (Wildman–Crippen MR) is 78.3 cm³/mol. The number of anilines is 1. The van der Waals surface area contributed by atoms with Gasteiger partial charge in [0.05, 0.1) is 6.04 Å². The summed E-state index contributed by atoms with van der Waals surface area (Å²) in [6.45, 7) is 5.77. The molecular formula is C15H23N3O. The van der Waals surface area contributed by atoms with Crippen LogP contribution in [-0.4, -0.2) is 31.1 Å². The minimum absolute atomic E-state index is 0.0444. The number of benzene rings is 1. The Morgan fingerprint density at radius 1 is 1.32 bits per heavy atom. The molecule has 1 aliphatic heterocycles. The molecule has 1 heterocycles. The highest BCUT2D eigenvalue weighted by atomic mass is 16.2. The molecule has 2 atom stereocenters. The summed E-state index contributed by atoms with van der Waals surface area (Å²) in [5.74, 6) is 0.0444. The number of rotatable bonds is 4. The number of para-hydroxylation sites is 1. The Morgan fingerprint density at radius 3 is 2.79 bits per heavy atom. The number of carbonyl (C=O) groups excluding carboxylic acids is 1. The molecule has 2 unspecified atom stereocenters. The molecule has 1 saturated heterocycles. The van der Waals surface area contributed by atoms with Crippen molar-refractivity contribution in [1.29, 1.82) is 0 Å². The van der Waals surface area contributed by atoms with Gasteiger partial charge in [0.1, 0.15) is 0 Å². The van der Waals surface area contributed by atoms with Crippen molar-refractivity contribution < 1.29 is 4.79 Å². The predicted octanol–water partition coefficient (Wildman–Crippen LogP) is 1.53. The summed E-state index contributed by atoms with van der Waals surface area (Å²) in [4.78, 5) is 12.2. The Bertz CT molecular complexity index is 425. The fourth-order valence-corrected chi connectivity index (χ4v) is 2.32. The quantitative estimate of drug-likeness (QED) is 0.770. The summed E-state index contributed by atoms with van der Waals surface area (Å²) < 4.78 is 0. The van der Waals surface area contributed by atoms with Crippen LogP contribution in [0.5, 0.6) is 0 Å². The largest absolute Gasteiger partial charge is 0.324 e. The van der Waals surface area contributed by atoms with Crippen molar-refractivity contribution in [3.05, 3.63) is 29.8 Å². The van der Waals surface area contributed by atoms with E-state index in [9.17, 15) is 4.79 Å². The van der Waals surface area contributed by atoms with Crippen LogP contribution in [0.2, 0.25) is 0 Å². The van der Waals surface area contributed by atoms with E-state index in [4.69, 9.17) is 0 Å². The van der Waals surface area contributed by atoms with E-state index in [1.165, 1.54) is 5.56 Å². The number of hydrogen-bond donors (Lipinski definition) is 3. The van der Waals surface area contributed by atoms with Crippen LogP contribution in [0.15, 0.2) is 24.3 Å². The molecule has 0 spiro atoms. The topological polar surface area (TPSA) is 53.2 Å². The molecule has 0 aliphatic carbocycles. The summed E-state index contributed by atoms with van der Waals surface area (Å²) in [7, 11) is 0. The van der Waals surface area contributed by atoms with Gasteiger partial charge in [-0.1, -0.05) is 31.5 Å². The van der Waals surface area contributed by atoms with Crippen molar-refractivity contribution in [2.45, 2.75) is 38.8 Å². The third-order valence-electron chi connectivity index (χ3n) is 3.45. The van der Waals surface area contributed by atoms with Crippen LogP contribution in [-0.2, 0) is 11.2 Å². The fourth-order valence-electron chi connectivity index (χ4n) is 2.32. The molecule has 1 aromatic rings. The molecule has 1 amide bonds. The van der Waals surface area contributed by atoms with Gasteiger partial charge in [0.15, 0.2) is 0 Å². The lowest BCUT2D eigenvalue weighted by Crippen LogP contribution is -2.57. The minimum atomic E-state index is -0.147. The molecule has 104 valence electrons. The van der Waals surface area contributed by atoms with Gasteiger partial charge >= 0.3 is 0 Å². The first kappa shape index (κ1) is 14.0. The van der Waals surface area contributed by atoms with Crippen LogP contribution in [0.4, 0.5) is 5.69 Å². The first-order valence-corrected chi connectivity index (χ1v) is 7.06. The van der Waals surface area contributed by atoms with Crippen molar-refractivity contribution >= 4 is 11.6 Å². The lowest BCUT2D eigenvalue weighted by atomic mass is 10.1. The third-order valence-corrected chi connectivity index (χ3v) is 3.45. The Labute approximate surface area is 115 Å². The standard InChI is InChI=1S/C15H23N3O/c1-3-6-12-7-4-5-8-13(12)18-15(19)14-10-16-11(2)9-17-14/h4-5,7-8,11,14,16-17H,3,6,9-10H2,1-2H3,(H,18,19). The van der Waals surface area contributed by atoms with E-state index in [2.05, 4.69) is 35.9 Å². The zero-order valence-corrected chi connectivity index (χ0v) is 11.7. The van der Waals surface area contributed by atoms with E-state index >= 15 is 0 Å². The van der Waals surface area contributed by atoms with Gasteiger partial charge in [0, 0.05) is 24.8 Å². The van der Waals surface area contributed by atoms with Crippen LogP contribution in [0.25, 0.3) is 0 Å². The van der Waals surface area contributed by atoms with Crippen LogP contribution >= 0.6 is 0 Å². The van der Waals surface area contributed by atoms with E-state index in [1.54, 1.807) is 0 Å². The lowest BCUT2D eigenvalue weighted by Gasteiger charge is -2.28. The average molecular weight is 261 g/mol. The monoisotopic (exact) mass is 261 g/mol. The Kier molecular flexibility index (Phi) is 4.93. The highest BCUT2D eigenvalue weighted by Gasteiger charge is 2.23.